The molecule has 4 aromatic rings. The van der Waals surface area contributed by atoms with Crippen molar-refractivity contribution < 1.29 is 9.18 Å². The Morgan fingerprint density at radius 2 is 1.85 bits per heavy atom. The number of rotatable bonds is 5. The summed E-state index contributed by atoms with van der Waals surface area (Å²) in [6, 6.07) is 14.1. The number of carbonyl (C=O) groups excluding carboxylic acids is 1. The number of benzene rings is 2. The van der Waals surface area contributed by atoms with Crippen LogP contribution in [0.5, 0.6) is 0 Å². The zero-order valence-corrected chi connectivity index (χ0v) is 18.9. The van der Waals surface area contributed by atoms with E-state index in [9.17, 15) is 14.0 Å². The molecule has 0 spiro atoms. The van der Waals surface area contributed by atoms with Crippen LogP contribution in [0.4, 0.5) is 4.39 Å². The van der Waals surface area contributed by atoms with E-state index in [4.69, 9.17) is 4.98 Å². The van der Waals surface area contributed by atoms with Crippen LogP contribution in [0.25, 0.3) is 11.2 Å². The van der Waals surface area contributed by atoms with Gasteiger partial charge < -0.3 is 9.88 Å². The molecule has 34 heavy (non-hydrogen) atoms. The van der Waals surface area contributed by atoms with Gasteiger partial charge in [-0.2, -0.15) is 0 Å². The van der Waals surface area contributed by atoms with Crippen LogP contribution in [-0.2, 0) is 17.8 Å². The van der Waals surface area contributed by atoms with Gasteiger partial charge in [-0.1, -0.05) is 47.2 Å². The predicted octanol–water partition coefficient (Wildman–Crippen LogP) is 2.96. The first kappa shape index (κ1) is 21.9. The molecule has 174 valence electrons. The van der Waals surface area contributed by atoms with Crippen molar-refractivity contribution in [2.24, 2.45) is 0 Å². The van der Waals surface area contributed by atoms with Gasteiger partial charge >= 0.3 is 0 Å². The third-order valence-electron chi connectivity index (χ3n) is 6.27. The minimum atomic E-state index is -0.353. The van der Waals surface area contributed by atoms with Crippen molar-refractivity contribution in [3.8, 4) is 0 Å². The molecule has 2 aromatic heterocycles. The van der Waals surface area contributed by atoms with Crippen molar-refractivity contribution >= 4 is 17.1 Å². The van der Waals surface area contributed by atoms with Gasteiger partial charge in [-0.05, 0) is 43.0 Å². The summed E-state index contributed by atoms with van der Waals surface area (Å²) in [7, 11) is 0. The number of aromatic nitrogens is 5. The van der Waals surface area contributed by atoms with Crippen LogP contribution in [0.1, 0.15) is 41.3 Å². The van der Waals surface area contributed by atoms with Crippen LogP contribution >= 0.6 is 0 Å². The average molecular weight is 461 g/mol. The fraction of sp³-hybridized carbons (Fsp3) is 0.320. The molecule has 1 atom stereocenters. The highest BCUT2D eigenvalue weighted by Crippen LogP contribution is 2.25. The minimum Gasteiger partial charge on any atom is -0.342 e. The van der Waals surface area contributed by atoms with Gasteiger partial charge in [0.2, 0.25) is 5.91 Å². The molecule has 8 nitrogen and oxygen atoms in total. The number of aryl methyl sites for hydroxylation is 1. The molecule has 1 fully saturated rings. The van der Waals surface area contributed by atoms with E-state index in [0.717, 1.165) is 29.5 Å². The lowest BCUT2D eigenvalue weighted by molar-refractivity contribution is -0.131. The van der Waals surface area contributed by atoms with Crippen molar-refractivity contribution in [3.05, 3.63) is 87.2 Å². The van der Waals surface area contributed by atoms with Crippen molar-refractivity contribution in [1.29, 1.82) is 0 Å². The lowest BCUT2D eigenvalue weighted by Crippen LogP contribution is -2.40. The fourth-order valence-electron chi connectivity index (χ4n) is 4.37. The van der Waals surface area contributed by atoms with Gasteiger partial charge in [-0.25, -0.2) is 14.1 Å². The molecule has 1 saturated heterocycles. The summed E-state index contributed by atoms with van der Waals surface area (Å²) in [6.07, 6.45) is 2.01. The lowest BCUT2D eigenvalue weighted by atomic mass is 9.96. The van der Waals surface area contributed by atoms with Crippen molar-refractivity contribution in [2.75, 3.05) is 13.1 Å². The second kappa shape index (κ2) is 9.17. The summed E-state index contributed by atoms with van der Waals surface area (Å²) >= 11 is 0. The molecule has 0 radical (unpaired) electrons. The molecule has 5 rings (SSSR count). The number of piperidine rings is 1. The molecule has 1 aliphatic heterocycles. The number of H-pyrrole nitrogens is 1. The van der Waals surface area contributed by atoms with Gasteiger partial charge in [0.1, 0.15) is 11.6 Å². The van der Waals surface area contributed by atoms with E-state index in [1.54, 1.807) is 16.8 Å². The van der Waals surface area contributed by atoms with Crippen molar-refractivity contribution in [2.45, 2.75) is 38.6 Å². The Morgan fingerprint density at radius 1 is 1.12 bits per heavy atom. The Labute approximate surface area is 195 Å². The molecule has 1 N–H and O–H groups in total. The van der Waals surface area contributed by atoms with Gasteiger partial charge in [0, 0.05) is 19.0 Å². The monoisotopic (exact) mass is 460 g/mol. The number of halogens is 1. The number of aromatic amines is 1. The first-order valence-electron chi connectivity index (χ1n) is 11.4. The van der Waals surface area contributed by atoms with Gasteiger partial charge in [-0.3, -0.25) is 9.59 Å². The first-order chi connectivity index (χ1) is 16.5. The number of amides is 1. The molecule has 1 amide bonds. The lowest BCUT2D eigenvalue weighted by Gasteiger charge is -2.32. The standard InChI is InChI=1S/C25H25FN6O2/c1-16-4-6-17(7-5-16)13-21(33)31-12-2-3-19(15-31)23-27-24-22(25(34)28-23)29-30-32(24)14-18-8-10-20(26)11-9-18/h4-11,19H,2-3,12-15H2,1H3,(H,27,28,34)/t19-/m1/s1. The first-order valence-corrected chi connectivity index (χ1v) is 11.4. The van der Waals surface area contributed by atoms with Gasteiger partial charge in [-0.15, -0.1) is 5.10 Å². The SMILES string of the molecule is Cc1ccc(CC(=O)N2CCC[C@@H](c3nc4c(nnn4Cc4ccc(F)cc4)c(=O)[nH]3)C2)cc1. The topological polar surface area (TPSA) is 96.8 Å². The van der Waals surface area contributed by atoms with Gasteiger partial charge in [0.05, 0.1) is 13.0 Å². The van der Waals surface area contributed by atoms with E-state index in [-0.39, 0.29) is 28.7 Å². The zero-order valence-electron chi connectivity index (χ0n) is 18.9. The number of carbonyl (C=O) groups is 1. The van der Waals surface area contributed by atoms with Crippen LogP contribution in [0, 0.1) is 12.7 Å². The number of hydrogen-bond acceptors (Lipinski definition) is 5. The van der Waals surface area contributed by atoms with Gasteiger partial charge in [0.25, 0.3) is 5.56 Å². The van der Waals surface area contributed by atoms with Crippen LogP contribution in [0.3, 0.4) is 0 Å². The second-order valence-electron chi connectivity index (χ2n) is 8.84. The normalized spacial score (nSPS) is 16.2. The third-order valence-corrected chi connectivity index (χ3v) is 6.27. The third kappa shape index (κ3) is 4.59. The number of nitrogens with zero attached hydrogens (tertiary/aromatic N) is 5. The van der Waals surface area contributed by atoms with E-state index in [2.05, 4.69) is 15.3 Å². The number of nitrogens with one attached hydrogen (secondary N) is 1. The minimum absolute atomic E-state index is 0.0694. The summed E-state index contributed by atoms with van der Waals surface area (Å²) in [5, 5.41) is 8.06. The Bertz CT molecular complexity index is 1380. The Hall–Kier alpha value is -3.88. The smallest absolute Gasteiger partial charge is 0.281 e. The maximum absolute atomic E-state index is 13.2. The molecule has 2 aromatic carbocycles. The van der Waals surface area contributed by atoms with Crippen molar-refractivity contribution in [1.82, 2.24) is 29.9 Å². The van der Waals surface area contributed by atoms with E-state index in [0.29, 0.717) is 37.5 Å². The Morgan fingerprint density at radius 3 is 2.62 bits per heavy atom. The molecular weight excluding hydrogens is 435 g/mol. The van der Waals surface area contributed by atoms with Crippen molar-refractivity contribution in [3.63, 3.8) is 0 Å². The molecule has 0 saturated carbocycles. The molecule has 0 unspecified atom stereocenters. The largest absolute Gasteiger partial charge is 0.342 e. The summed E-state index contributed by atoms with van der Waals surface area (Å²) < 4.78 is 14.8. The van der Waals surface area contributed by atoms with Crippen LogP contribution in [0.15, 0.2) is 53.3 Å². The van der Waals surface area contributed by atoms with E-state index in [1.165, 1.54) is 12.1 Å². The Kier molecular flexibility index (Phi) is 5.91. The predicted molar refractivity (Wildman–Crippen MR) is 125 cm³/mol. The van der Waals surface area contributed by atoms with E-state index in [1.807, 2.05) is 36.1 Å². The number of hydrogen-bond donors (Lipinski definition) is 1. The van der Waals surface area contributed by atoms with Crippen LogP contribution in [0.2, 0.25) is 0 Å². The maximum atomic E-state index is 13.2. The summed E-state index contributed by atoms with van der Waals surface area (Å²) in [4.78, 5) is 35.0. The molecular formula is C25H25FN6O2. The summed E-state index contributed by atoms with van der Waals surface area (Å²) in [5.74, 6) is 0.206. The van der Waals surface area contributed by atoms with E-state index >= 15 is 0 Å². The Balaban J connectivity index is 1.36. The van der Waals surface area contributed by atoms with Gasteiger partial charge in [0.15, 0.2) is 11.2 Å². The number of likely N-dealkylation sites (tertiary alicyclic amines) is 1. The number of fused-ring (bicyclic) bond motifs is 1. The second-order valence-corrected chi connectivity index (χ2v) is 8.84. The summed E-state index contributed by atoms with van der Waals surface area (Å²) in [5.41, 5.74) is 3.16. The molecule has 0 bridgehead atoms. The summed E-state index contributed by atoms with van der Waals surface area (Å²) in [6.45, 7) is 3.53. The highest BCUT2D eigenvalue weighted by molar-refractivity contribution is 5.79. The molecule has 9 heteroatoms. The quantitative estimate of drug-likeness (QED) is 0.494. The average Bonchev–Trinajstić information content (AvgIpc) is 3.25. The highest BCUT2D eigenvalue weighted by atomic mass is 19.1. The maximum Gasteiger partial charge on any atom is 0.281 e. The fourth-order valence-corrected chi connectivity index (χ4v) is 4.37. The van der Waals surface area contributed by atoms with Crippen LogP contribution < -0.4 is 5.56 Å². The zero-order chi connectivity index (χ0) is 23.7. The van der Waals surface area contributed by atoms with E-state index < -0.39 is 0 Å². The van der Waals surface area contributed by atoms with Crippen LogP contribution in [-0.4, -0.2) is 48.9 Å². The molecule has 3 heterocycles. The highest BCUT2D eigenvalue weighted by Gasteiger charge is 2.27. The molecule has 1 aliphatic rings. The molecule has 0 aliphatic carbocycles.